The highest BCUT2D eigenvalue weighted by Crippen LogP contribution is 2.44. The Morgan fingerprint density at radius 3 is 2.48 bits per heavy atom. The third-order valence-electron chi connectivity index (χ3n) is 4.21. The molecule has 1 aliphatic heterocycles. The van der Waals surface area contributed by atoms with Crippen LogP contribution in [0.2, 0.25) is 5.02 Å². The topological polar surface area (TPSA) is 53.5 Å². The van der Waals surface area contributed by atoms with Crippen molar-refractivity contribution in [3.05, 3.63) is 82.9 Å². The van der Waals surface area contributed by atoms with Crippen molar-refractivity contribution in [2.45, 2.75) is 16.7 Å². The van der Waals surface area contributed by atoms with Gasteiger partial charge in [-0.1, -0.05) is 41.6 Å². The second-order valence-corrected chi connectivity index (χ2v) is 7.60. The van der Waals surface area contributed by atoms with Crippen molar-refractivity contribution >= 4 is 46.4 Å². The maximum Gasteiger partial charge on any atom is 0.271 e. The first kappa shape index (κ1) is 17.6. The van der Waals surface area contributed by atoms with E-state index in [2.05, 4.69) is 34.0 Å². The van der Waals surface area contributed by atoms with Crippen LogP contribution in [0.15, 0.2) is 81.6 Å². The Bertz CT molecular complexity index is 1050. The molecular formula is C21H16ClN3OS. The highest BCUT2D eigenvalue weighted by atomic mass is 35.5. The molecule has 1 heterocycles. The number of carbonyl (C=O) groups is 1. The zero-order chi connectivity index (χ0) is 18.8. The molecule has 27 heavy (non-hydrogen) atoms. The van der Waals surface area contributed by atoms with E-state index in [1.54, 1.807) is 36.0 Å². The number of fused-ring (bicyclic) bond motifs is 2. The molecule has 0 saturated carbocycles. The number of carbonyl (C=O) groups excluding carboxylic acids is 1. The number of benzene rings is 3. The minimum Gasteiger partial charge on any atom is -0.354 e. The van der Waals surface area contributed by atoms with Gasteiger partial charge in [0.2, 0.25) is 0 Å². The van der Waals surface area contributed by atoms with Crippen LogP contribution in [0.4, 0.5) is 11.4 Å². The normalized spacial score (nSPS) is 12.6. The van der Waals surface area contributed by atoms with Crippen molar-refractivity contribution in [3.63, 3.8) is 0 Å². The number of hydrazone groups is 1. The molecule has 4 nitrogen and oxygen atoms in total. The predicted molar refractivity (Wildman–Crippen MR) is 111 cm³/mol. The van der Waals surface area contributed by atoms with Gasteiger partial charge in [0.25, 0.3) is 5.91 Å². The van der Waals surface area contributed by atoms with Crippen LogP contribution < -0.4 is 10.7 Å². The van der Waals surface area contributed by atoms with E-state index in [0.29, 0.717) is 10.6 Å². The second-order valence-electron chi connectivity index (χ2n) is 6.08. The Labute approximate surface area is 166 Å². The van der Waals surface area contributed by atoms with Crippen molar-refractivity contribution in [1.29, 1.82) is 0 Å². The van der Waals surface area contributed by atoms with Gasteiger partial charge in [0.15, 0.2) is 0 Å². The van der Waals surface area contributed by atoms with Gasteiger partial charge < -0.3 is 5.32 Å². The highest BCUT2D eigenvalue weighted by Gasteiger charge is 2.16. The Balaban J connectivity index is 1.51. The SMILES string of the molecule is C/C(=N/NC(=O)c1ccc(Cl)cc1)c1ccc2c(c1)Nc1ccccc1S2. The molecule has 3 aromatic rings. The van der Waals surface area contributed by atoms with Crippen molar-refractivity contribution in [2.75, 3.05) is 5.32 Å². The first-order valence-electron chi connectivity index (χ1n) is 8.39. The number of nitrogens with zero attached hydrogens (tertiary/aromatic N) is 1. The number of amides is 1. The summed E-state index contributed by atoms with van der Waals surface area (Å²) in [6, 6.07) is 21.0. The van der Waals surface area contributed by atoms with E-state index in [0.717, 1.165) is 27.5 Å². The highest BCUT2D eigenvalue weighted by molar-refractivity contribution is 7.99. The average Bonchev–Trinajstić information content (AvgIpc) is 2.70. The van der Waals surface area contributed by atoms with Gasteiger partial charge in [0.1, 0.15) is 0 Å². The third-order valence-corrected chi connectivity index (χ3v) is 5.61. The molecule has 0 fully saturated rings. The van der Waals surface area contributed by atoms with Gasteiger partial charge in [0.05, 0.1) is 17.1 Å². The summed E-state index contributed by atoms with van der Waals surface area (Å²) in [4.78, 5) is 14.6. The molecule has 134 valence electrons. The number of halogens is 1. The first-order valence-corrected chi connectivity index (χ1v) is 9.58. The zero-order valence-corrected chi connectivity index (χ0v) is 16.1. The van der Waals surface area contributed by atoms with Gasteiger partial charge in [0, 0.05) is 20.4 Å². The summed E-state index contributed by atoms with van der Waals surface area (Å²) < 4.78 is 0. The Hall–Kier alpha value is -2.76. The molecule has 4 rings (SSSR count). The quantitative estimate of drug-likeness (QED) is 0.346. The summed E-state index contributed by atoms with van der Waals surface area (Å²) in [5, 5.41) is 8.28. The number of para-hydroxylation sites is 1. The summed E-state index contributed by atoms with van der Waals surface area (Å²) >= 11 is 7.58. The average molecular weight is 394 g/mol. The molecule has 3 aromatic carbocycles. The summed E-state index contributed by atoms with van der Waals surface area (Å²) in [5.41, 5.74) is 6.90. The summed E-state index contributed by atoms with van der Waals surface area (Å²) in [5.74, 6) is -0.272. The second kappa shape index (κ2) is 7.47. The predicted octanol–water partition coefficient (Wildman–Crippen LogP) is 5.70. The molecule has 0 aliphatic carbocycles. The van der Waals surface area contributed by atoms with Gasteiger partial charge in [-0.3, -0.25) is 4.79 Å². The van der Waals surface area contributed by atoms with Crippen LogP contribution in [0.3, 0.4) is 0 Å². The van der Waals surface area contributed by atoms with Crippen LogP contribution in [-0.2, 0) is 0 Å². The van der Waals surface area contributed by atoms with Gasteiger partial charge in [-0.2, -0.15) is 5.10 Å². The van der Waals surface area contributed by atoms with E-state index < -0.39 is 0 Å². The van der Waals surface area contributed by atoms with Crippen LogP contribution in [0.25, 0.3) is 0 Å². The van der Waals surface area contributed by atoms with E-state index in [1.807, 2.05) is 31.2 Å². The molecule has 1 aliphatic rings. The Morgan fingerprint density at radius 2 is 1.67 bits per heavy atom. The molecule has 0 bridgehead atoms. The molecule has 0 unspecified atom stereocenters. The summed E-state index contributed by atoms with van der Waals surface area (Å²) in [6.07, 6.45) is 0. The smallest absolute Gasteiger partial charge is 0.271 e. The third kappa shape index (κ3) is 3.84. The molecule has 1 amide bonds. The van der Waals surface area contributed by atoms with E-state index in [9.17, 15) is 4.79 Å². The van der Waals surface area contributed by atoms with E-state index in [-0.39, 0.29) is 5.91 Å². The number of hydrogen-bond donors (Lipinski definition) is 2. The van der Waals surface area contributed by atoms with Crippen LogP contribution in [0.5, 0.6) is 0 Å². The standard InChI is InChI=1S/C21H16ClN3OS/c1-13(24-25-21(26)14-6-9-16(22)10-7-14)15-8-11-20-18(12-15)23-17-4-2-3-5-19(17)27-20/h2-12,23H,1H3,(H,25,26)/b24-13-. The fourth-order valence-electron chi connectivity index (χ4n) is 2.73. The zero-order valence-electron chi connectivity index (χ0n) is 14.5. The number of hydrogen-bond acceptors (Lipinski definition) is 4. The van der Waals surface area contributed by atoms with Crippen molar-refractivity contribution in [2.24, 2.45) is 5.10 Å². The Kier molecular flexibility index (Phi) is 4.88. The molecule has 6 heteroatoms. The lowest BCUT2D eigenvalue weighted by Crippen LogP contribution is -2.19. The largest absolute Gasteiger partial charge is 0.354 e. The van der Waals surface area contributed by atoms with Crippen LogP contribution in [0, 0.1) is 0 Å². The van der Waals surface area contributed by atoms with E-state index in [4.69, 9.17) is 11.6 Å². The van der Waals surface area contributed by atoms with E-state index >= 15 is 0 Å². The maximum absolute atomic E-state index is 12.2. The number of nitrogens with one attached hydrogen (secondary N) is 2. The lowest BCUT2D eigenvalue weighted by atomic mass is 10.1. The van der Waals surface area contributed by atoms with Gasteiger partial charge >= 0.3 is 0 Å². The lowest BCUT2D eigenvalue weighted by molar-refractivity contribution is 0.0955. The number of rotatable bonds is 3. The molecule has 0 aromatic heterocycles. The Morgan fingerprint density at radius 1 is 0.963 bits per heavy atom. The molecule has 0 atom stereocenters. The fraction of sp³-hybridized carbons (Fsp3) is 0.0476. The van der Waals surface area contributed by atoms with Crippen molar-refractivity contribution < 1.29 is 4.79 Å². The molecule has 0 radical (unpaired) electrons. The maximum atomic E-state index is 12.2. The number of anilines is 2. The molecule has 2 N–H and O–H groups in total. The first-order chi connectivity index (χ1) is 13.1. The van der Waals surface area contributed by atoms with Gasteiger partial charge in [-0.05, 0) is 61.0 Å². The van der Waals surface area contributed by atoms with Gasteiger partial charge in [-0.25, -0.2) is 5.43 Å². The van der Waals surface area contributed by atoms with Crippen LogP contribution in [-0.4, -0.2) is 11.6 Å². The molecule has 0 saturated heterocycles. The lowest BCUT2D eigenvalue weighted by Gasteiger charge is -2.21. The van der Waals surface area contributed by atoms with Crippen LogP contribution >= 0.6 is 23.4 Å². The minimum absolute atomic E-state index is 0.272. The minimum atomic E-state index is -0.272. The molecular weight excluding hydrogens is 378 g/mol. The van der Waals surface area contributed by atoms with E-state index in [1.165, 1.54) is 4.90 Å². The van der Waals surface area contributed by atoms with Crippen LogP contribution in [0.1, 0.15) is 22.8 Å². The molecule has 0 spiro atoms. The fourth-order valence-corrected chi connectivity index (χ4v) is 3.82. The van der Waals surface area contributed by atoms with Gasteiger partial charge in [-0.15, -0.1) is 0 Å². The monoisotopic (exact) mass is 393 g/mol. The summed E-state index contributed by atoms with van der Waals surface area (Å²) in [7, 11) is 0. The van der Waals surface area contributed by atoms with Crippen molar-refractivity contribution in [3.8, 4) is 0 Å². The summed E-state index contributed by atoms with van der Waals surface area (Å²) in [6.45, 7) is 1.87. The van der Waals surface area contributed by atoms with Crippen molar-refractivity contribution in [1.82, 2.24) is 5.43 Å².